The maximum Gasteiger partial charge on any atom is 0.252 e. The van der Waals surface area contributed by atoms with E-state index in [0.29, 0.717) is 17.2 Å². The minimum absolute atomic E-state index is 0.259. The van der Waals surface area contributed by atoms with E-state index in [1.165, 1.54) is 6.07 Å². The zero-order valence-corrected chi connectivity index (χ0v) is 11.6. The van der Waals surface area contributed by atoms with Gasteiger partial charge in [-0.05, 0) is 24.3 Å². The second kappa shape index (κ2) is 5.94. The number of nitrogens with zero attached hydrogens (tertiary/aromatic N) is 2. The van der Waals surface area contributed by atoms with Crippen molar-refractivity contribution in [3.05, 3.63) is 76.6 Å². The summed E-state index contributed by atoms with van der Waals surface area (Å²) in [6, 6.07) is 19.9. The first-order valence-corrected chi connectivity index (χ1v) is 6.68. The summed E-state index contributed by atoms with van der Waals surface area (Å²) in [5.41, 5.74) is 2.33. The third kappa shape index (κ3) is 3.02. The first kappa shape index (κ1) is 13.6. The molecule has 0 bridgehead atoms. The van der Waals surface area contributed by atoms with Crippen LogP contribution in [0.2, 0.25) is 0 Å². The molecule has 5 heteroatoms. The van der Waals surface area contributed by atoms with E-state index in [-0.39, 0.29) is 5.56 Å². The fourth-order valence-corrected chi connectivity index (χ4v) is 2.07. The van der Waals surface area contributed by atoms with Crippen LogP contribution < -0.4 is 10.9 Å². The normalized spacial score (nSPS) is 9.95. The van der Waals surface area contributed by atoms with Crippen LogP contribution in [0.3, 0.4) is 0 Å². The smallest absolute Gasteiger partial charge is 0.252 e. The Morgan fingerprint density at radius 3 is 2.64 bits per heavy atom. The number of aromatic amines is 1. The first-order valence-electron chi connectivity index (χ1n) is 6.68. The standard InChI is InChI=1S/C17H12N4O/c18-11-12-5-4-6-13(9-12)15-10-16(22)21-17(20-15)19-14-7-2-1-3-8-14/h1-10H,(H2,19,20,21,22). The second-order valence-electron chi connectivity index (χ2n) is 4.66. The molecule has 3 aromatic rings. The Balaban J connectivity index is 2.00. The number of rotatable bonds is 3. The van der Waals surface area contributed by atoms with Crippen molar-refractivity contribution in [1.29, 1.82) is 5.26 Å². The lowest BCUT2D eigenvalue weighted by Gasteiger charge is -2.07. The average molecular weight is 288 g/mol. The third-order valence-electron chi connectivity index (χ3n) is 3.07. The van der Waals surface area contributed by atoms with Crippen molar-refractivity contribution in [3.8, 4) is 17.3 Å². The number of H-pyrrole nitrogens is 1. The van der Waals surface area contributed by atoms with Gasteiger partial charge in [0.15, 0.2) is 0 Å². The summed E-state index contributed by atoms with van der Waals surface area (Å²) in [4.78, 5) is 18.9. The minimum atomic E-state index is -0.259. The lowest BCUT2D eigenvalue weighted by Crippen LogP contribution is -2.10. The van der Waals surface area contributed by atoms with E-state index in [0.717, 1.165) is 11.3 Å². The number of nitriles is 1. The molecule has 1 heterocycles. The van der Waals surface area contributed by atoms with E-state index in [9.17, 15) is 4.79 Å². The molecule has 106 valence electrons. The monoisotopic (exact) mass is 288 g/mol. The number of anilines is 2. The van der Waals surface area contributed by atoms with Gasteiger partial charge in [0.1, 0.15) is 0 Å². The Hall–Kier alpha value is -3.39. The summed E-state index contributed by atoms with van der Waals surface area (Å²) in [5, 5.41) is 12.0. The van der Waals surface area contributed by atoms with Crippen molar-refractivity contribution in [2.24, 2.45) is 0 Å². The molecule has 0 aliphatic rings. The molecule has 0 spiro atoms. The molecule has 0 saturated carbocycles. The molecular formula is C17H12N4O. The van der Waals surface area contributed by atoms with Gasteiger partial charge in [0.25, 0.3) is 5.56 Å². The molecule has 2 aromatic carbocycles. The molecule has 1 aromatic heterocycles. The van der Waals surface area contributed by atoms with Crippen molar-refractivity contribution in [1.82, 2.24) is 9.97 Å². The predicted octanol–water partition coefficient (Wildman–Crippen LogP) is 3.05. The zero-order valence-electron chi connectivity index (χ0n) is 11.6. The molecule has 0 aliphatic heterocycles. The molecule has 0 radical (unpaired) electrons. The molecule has 5 nitrogen and oxygen atoms in total. The number of hydrogen-bond acceptors (Lipinski definition) is 4. The Bertz CT molecular complexity index is 894. The van der Waals surface area contributed by atoms with E-state index in [4.69, 9.17) is 5.26 Å². The molecule has 0 aliphatic carbocycles. The van der Waals surface area contributed by atoms with Crippen molar-refractivity contribution < 1.29 is 0 Å². The van der Waals surface area contributed by atoms with E-state index in [1.807, 2.05) is 36.4 Å². The van der Waals surface area contributed by atoms with E-state index >= 15 is 0 Å². The van der Waals surface area contributed by atoms with Crippen LogP contribution in [-0.2, 0) is 0 Å². The SMILES string of the molecule is N#Cc1cccc(-c2cc(=O)[nH]c(Nc3ccccc3)n2)c1. The maximum absolute atomic E-state index is 11.8. The molecule has 0 unspecified atom stereocenters. The summed E-state index contributed by atoms with van der Waals surface area (Å²) in [6.07, 6.45) is 0. The Kier molecular flexibility index (Phi) is 3.67. The quantitative estimate of drug-likeness (QED) is 0.776. The van der Waals surface area contributed by atoms with Crippen LogP contribution in [0.15, 0.2) is 65.5 Å². The van der Waals surface area contributed by atoms with Crippen molar-refractivity contribution in [3.63, 3.8) is 0 Å². The number of aromatic nitrogens is 2. The van der Waals surface area contributed by atoms with Crippen molar-refractivity contribution >= 4 is 11.6 Å². The number of para-hydroxylation sites is 1. The van der Waals surface area contributed by atoms with Gasteiger partial charge in [-0.1, -0.05) is 30.3 Å². The first-order chi connectivity index (χ1) is 10.7. The third-order valence-corrected chi connectivity index (χ3v) is 3.07. The summed E-state index contributed by atoms with van der Waals surface area (Å²) in [6.45, 7) is 0. The van der Waals surface area contributed by atoms with E-state index < -0.39 is 0 Å². The highest BCUT2D eigenvalue weighted by Gasteiger charge is 2.05. The maximum atomic E-state index is 11.8. The highest BCUT2D eigenvalue weighted by Crippen LogP contribution is 2.19. The fourth-order valence-electron chi connectivity index (χ4n) is 2.07. The summed E-state index contributed by atoms with van der Waals surface area (Å²) in [5.74, 6) is 0.357. The van der Waals surface area contributed by atoms with Gasteiger partial charge in [-0.3, -0.25) is 9.78 Å². The molecule has 3 rings (SSSR count). The second-order valence-corrected chi connectivity index (χ2v) is 4.66. The number of benzene rings is 2. The molecule has 0 atom stereocenters. The lowest BCUT2D eigenvalue weighted by atomic mass is 10.1. The van der Waals surface area contributed by atoms with Gasteiger partial charge >= 0.3 is 0 Å². The van der Waals surface area contributed by atoms with Gasteiger partial charge in [0, 0.05) is 17.3 Å². The van der Waals surface area contributed by atoms with Crippen molar-refractivity contribution in [2.75, 3.05) is 5.32 Å². The number of hydrogen-bond donors (Lipinski definition) is 2. The van der Waals surface area contributed by atoms with Gasteiger partial charge in [0.2, 0.25) is 5.95 Å². The zero-order chi connectivity index (χ0) is 15.4. The van der Waals surface area contributed by atoms with Gasteiger partial charge < -0.3 is 5.32 Å². The van der Waals surface area contributed by atoms with Gasteiger partial charge in [-0.25, -0.2) is 4.98 Å². The molecule has 0 fully saturated rings. The highest BCUT2D eigenvalue weighted by molar-refractivity contribution is 5.63. The van der Waals surface area contributed by atoms with Crippen molar-refractivity contribution in [2.45, 2.75) is 0 Å². The van der Waals surface area contributed by atoms with E-state index in [1.54, 1.807) is 18.2 Å². The number of nitrogens with one attached hydrogen (secondary N) is 2. The van der Waals surface area contributed by atoms with Gasteiger partial charge in [0.05, 0.1) is 17.3 Å². The Morgan fingerprint density at radius 1 is 1.05 bits per heavy atom. The topological polar surface area (TPSA) is 81.6 Å². The van der Waals surface area contributed by atoms with Crippen LogP contribution in [-0.4, -0.2) is 9.97 Å². The predicted molar refractivity (Wildman–Crippen MR) is 84.7 cm³/mol. The van der Waals surface area contributed by atoms with E-state index in [2.05, 4.69) is 21.4 Å². The van der Waals surface area contributed by atoms with Crippen LogP contribution in [0.4, 0.5) is 11.6 Å². The summed E-state index contributed by atoms with van der Waals surface area (Å²) in [7, 11) is 0. The van der Waals surface area contributed by atoms with Gasteiger partial charge in [-0.2, -0.15) is 5.26 Å². The molecule has 0 saturated heterocycles. The van der Waals surface area contributed by atoms with Crippen LogP contribution in [0.5, 0.6) is 0 Å². The molecule has 0 amide bonds. The summed E-state index contributed by atoms with van der Waals surface area (Å²) < 4.78 is 0. The molecule has 22 heavy (non-hydrogen) atoms. The average Bonchev–Trinajstić information content (AvgIpc) is 2.55. The largest absolute Gasteiger partial charge is 0.326 e. The van der Waals surface area contributed by atoms with Crippen LogP contribution in [0.1, 0.15) is 5.56 Å². The minimum Gasteiger partial charge on any atom is -0.326 e. The van der Waals surface area contributed by atoms with Gasteiger partial charge in [-0.15, -0.1) is 0 Å². The van der Waals surface area contributed by atoms with Crippen LogP contribution in [0.25, 0.3) is 11.3 Å². The summed E-state index contributed by atoms with van der Waals surface area (Å²) >= 11 is 0. The lowest BCUT2D eigenvalue weighted by molar-refractivity contribution is 1.12. The molecular weight excluding hydrogens is 276 g/mol. The Labute approximate surface area is 126 Å². The van der Waals surface area contributed by atoms with Crippen LogP contribution >= 0.6 is 0 Å². The highest BCUT2D eigenvalue weighted by atomic mass is 16.1. The fraction of sp³-hybridized carbons (Fsp3) is 0. The van der Waals surface area contributed by atoms with Crippen LogP contribution in [0, 0.1) is 11.3 Å². The Morgan fingerprint density at radius 2 is 1.86 bits per heavy atom. The molecule has 2 N–H and O–H groups in total.